The maximum Gasteiger partial charge on any atom is 0.129 e. The van der Waals surface area contributed by atoms with E-state index >= 15 is 0 Å². The number of benzene rings is 2. The van der Waals surface area contributed by atoms with E-state index in [2.05, 4.69) is 5.32 Å². The van der Waals surface area contributed by atoms with Crippen LogP contribution >= 0.6 is 0 Å². The first-order valence-corrected chi connectivity index (χ1v) is 6.55. The molecular formula is C16H17F2NO. The molecule has 0 aliphatic rings. The first-order valence-electron chi connectivity index (χ1n) is 6.55. The van der Waals surface area contributed by atoms with E-state index in [1.807, 2.05) is 6.92 Å². The normalized spacial score (nSPS) is 10.6. The number of halogens is 2. The van der Waals surface area contributed by atoms with Crippen molar-refractivity contribution in [3.8, 4) is 5.75 Å². The average molecular weight is 277 g/mol. The van der Waals surface area contributed by atoms with Gasteiger partial charge in [0, 0.05) is 12.1 Å². The second-order valence-electron chi connectivity index (χ2n) is 4.45. The molecule has 0 atom stereocenters. The molecule has 1 N–H and O–H groups in total. The van der Waals surface area contributed by atoms with Crippen LogP contribution in [0.15, 0.2) is 42.5 Å². The zero-order chi connectivity index (χ0) is 14.4. The van der Waals surface area contributed by atoms with Crippen molar-refractivity contribution >= 4 is 0 Å². The fraction of sp³-hybridized carbons (Fsp3) is 0.250. The topological polar surface area (TPSA) is 21.3 Å². The summed E-state index contributed by atoms with van der Waals surface area (Å²) >= 11 is 0. The van der Waals surface area contributed by atoms with Gasteiger partial charge < -0.3 is 10.1 Å². The van der Waals surface area contributed by atoms with Gasteiger partial charge in [0.05, 0.1) is 0 Å². The Kier molecular flexibility index (Phi) is 5.07. The Morgan fingerprint density at radius 2 is 1.80 bits per heavy atom. The lowest BCUT2D eigenvalue weighted by atomic mass is 10.1. The molecule has 2 rings (SSSR count). The Bertz CT molecular complexity index is 555. The Hall–Kier alpha value is -1.94. The molecule has 2 aromatic carbocycles. The van der Waals surface area contributed by atoms with Crippen molar-refractivity contribution < 1.29 is 13.5 Å². The van der Waals surface area contributed by atoms with Crippen molar-refractivity contribution in [1.82, 2.24) is 5.32 Å². The van der Waals surface area contributed by atoms with Gasteiger partial charge in [0.2, 0.25) is 0 Å². The van der Waals surface area contributed by atoms with Crippen LogP contribution in [-0.4, -0.2) is 6.54 Å². The fourth-order valence-corrected chi connectivity index (χ4v) is 1.81. The molecular weight excluding hydrogens is 260 g/mol. The monoisotopic (exact) mass is 277 g/mol. The summed E-state index contributed by atoms with van der Waals surface area (Å²) in [6.07, 6.45) is 0. The summed E-state index contributed by atoms with van der Waals surface area (Å²) in [5.41, 5.74) is 1.50. The first-order chi connectivity index (χ1) is 9.69. The van der Waals surface area contributed by atoms with Gasteiger partial charge in [0.1, 0.15) is 24.0 Å². The molecule has 106 valence electrons. The Balaban J connectivity index is 2.02. The predicted molar refractivity (Wildman–Crippen MR) is 74.5 cm³/mol. The molecule has 20 heavy (non-hydrogen) atoms. The van der Waals surface area contributed by atoms with Gasteiger partial charge >= 0.3 is 0 Å². The van der Waals surface area contributed by atoms with Crippen molar-refractivity contribution in [3.63, 3.8) is 0 Å². The molecule has 0 aliphatic carbocycles. The van der Waals surface area contributed by atoms with Gasteiger partial charge in [-0.2, -0.15) is 0 Å². The third-order valence-electron chi connectivity index (χ3n) is 2.90. The first kappa shape index (κ1) is 14.5. The van der Waals surface area contributed by atoms with E-state index in [0.717, 1.165) is 12.1 Å². The molecule has 4 heteroatoms. The molecule has 0 saturated heterocycles. The van der Waals surface area contributed by atoms with Crippen LogP contribution < -0.4 is 10.1 Å². The maximum atomic E-state index is 13.7. The molecule has 0 saturated carbocycles. The van der Waals surface area contributed by atoms with E-state index in [9.17, 15) is 8.78 Å². The summed E-state index contributed by atoms with van der Waals surface area (Å²) in [5, 5.41) is 3.19. The minimum absolute atomic E-state index is 0.122. The standard InChI is InChI=1S/C16H17F2NO/c1-2-19-10-12-3-8-16(18)13(9-12)11-20-15-6-4-14(17)5-7-15/h3-9,19H,2,10-11H2,1H3. The molecule has 2 aromatic rings. The van der Waals surface area contributed by atoms with Gasteiger partial charge in [0.15, 0.2) is 0 Å². The predicted octanol–water partition coefficient (Wildman–Crippen LogP) is 3.65. The number of ether oxygens (including phenoxy) is 1. The van der Waals surface area contributed by atoms with Crippen LogP contribution in [0, 0.1) is 11.6 Å². The molecule has 0 spiro atoms. The highest BCUT2D eigenvalue weighted by Crippen LogP contribution is 2.16. The lowest BCUT2D eigenvalue weighted by Crippen LogP contribution is -2.12. The summed E-state index contributed by atoms with van der Waals surface area (Å²) in [6, 6.07) is 10.6. The lowest BCUT2D eigenvalue weighted by molar-refractivity contribution is 0.299. The van der Waals surface area contributed by atoms with Crippen LogP contribution in [-0.2, 0) is 13.2 Å². The Morgan fingerprint density at radius 1 is 1.05 bits per heavy atom. The van der Waals surface area contributed by atoms with Gasteiger partial charge in [-0.05, 0) is 48.5 Å². The minimum Gasteiger partial charge on any atom is -0.489 e. The van der Waals surface area contributed by atoms with Crippen LogP contribution in [0.3, 0.4) is 0 Å². The highest BCUT2D eigenvalue weighted by atomic mass is 19.1. The quantitative estimate of drug-likeness (QED) is 0.870. The highest BCUT2D eigenvalue weighted by molar-refractivity contribution is 5.26. The maximum absolute atomic E-state index is 13.7. The molecule has 0 amide bonds. The molecule has 0 radical (unpaired) electrons. The van der Waals surface area contributed by atoms with Crippen molar-refractivity contribution in [1.29, 1.82) is 0 Å². The van der Waals surface area contributed by atoms with Crippen molar-refractivity contribution in [2.75, 3.05) is 6.54 Å². The minimum atomic E-state index is -0.323. The molecule has 2 nitrogen and oxygen atoms in total. The third kappa shape index (κ3) is 4.03. The molecule has 0 aliphatic heterocycles. The van der Waals surface area contributed by atoms with E-state index in [-0.39, 0.29) is 18.2 Å². The number of rotatable bonds is 6. The summed E-state index contributed by atoms with van der Waals surface area (Å²) in [7, 11) is 0. The molecule has 0 unspecified atom stereocenters. The summed E-state index contributed by atoms with van der Waals surface area (Å²) in [5.74, 6) is -0.105. The zero-order valence-electron chi connectivity index (χ0n) is 11.3. The SMILES string of the molecule is CCNCc1ccc(F)c(COc2ccc(F)cc2)c1. The van der Waals surface area contributed by atoms with E-state index in [1.54, 1.807) is 12.1 Å². The van der Waals surface area contributed by atoms with Crippen molar-refractivity contribution in [2.24, 2.45) is 0 Å². The highest BCUT2D eigenvalue weighted by Gasteiger charge is 2.05. The van der Waals surface area contributed by atoms with Crippen LogP contribution in [0.4, 0.5) is 8.78 Å². The van der Waals surface area contributed by atoms with Crippen LogP contribution in [0.2, 0.25) is 0 Å². The van der Waals surface area contributed by atoms with Gasteiger partial charge in [-0.3, -0.25) is 0 Å². The van der Waals surface area contributed by atoms with E-state index in [0.29, 0.717) is 17.9 Å². The second-order valence-corrected chi connectivity index (χ2v) is 4.45. The largest absolute Gasteiger partial charge is 0.489 e. The molecule has 0 bridgehead atoms. The number of hydrogen-bond acceptors (Lipinski definition) is 2. The number of nitrogens with one attached hydrogen (secondary N) is 1. The molecule has 0 fully saturated rings. The van der Waals surface area contributed by atoms with Gasteiger partial charge in [-0.1, -0.05) is 13.0 Å². The Labute approximate surface area is 117 Å². The van der Waals surface area contributed by atoms with E-state index < -0.39 is 0 Å². The number of hydrogen-bond donors (Lipinski definition) is 1. The third-order valence-corrected chi connectivity index (χ3v) is 2.90. The van der Waals surface area contributed by atoms with E-state index in [1.165, 1.54) is 30.3 Å². The molecule has 0 heterocycles. The smallest absolute Gasteiger partial charge is 0.129 e. The summed E-state index contributed by atoms with van der Waals surface area (Å²) in [6.45, 7) is 3.69. The summed E-state index contributed by atoms with van der Waals surface area (Å²) in [4.78, 5) is 0. The fourth-order valence-electron chi connectivity index (χ4n) is 1.81. The van der Waals surface area contributed by atoms with Crippen LogP contribution in [0.25, 0.3) is 0 Å². The van der Waals surface area contributed by atoms with E-state index in [4.69, 9.17) is 4.74 Å². The van der Waals surface area contributed by atoms with Gasteiger partial charge in [-0.25, -0.2) is 8.78 Å². The molecule has 0 aromatic heterocycles. The lowest BCUT2D eigenvalue weighted by Gasteiger charge is -2.09. The van der Waals surface area contributed by atoms with Gasteiger partial charge in [0.25, 0.3) is 0 Å². The van der Waals surface area contributed by atoms with Crippen molar-refractivity contribution in [2.45, 2.75) is 20.1 Å². The summed E-state index contributed by atoms with van der Waals surface area (Å²) < 4.78 is 31.9. The van der Waals surface area contributed by atoms with Crippen molar-refractivity contribution in [3.05, 3.63) is 65.2 Å². The zero-order valence-corrected chi connectivity index (χ0v) is 11.3. The van der Waals surface area contributed by atoms with Crippen LogP contribution in [0.5, 0.6) is 5.75 Å². The average Bonchev–Trinajstić information content (AvgIpc) is 2.46. The second kappa shape index (κ2) is 7.01. The van der Waals surface area contributed by atoms with Gasteiger partial charge in [-0.15, -0.1) is 0 Å². The van der Waals surface area contributed by atoms with Crippen LogP contribution in [0.1, 0.15) is 18.1 Å². The Morgan fingerprint density at radius 3 is 2.50 bits per heavy atom.